The Hall–Kier alpha value is 2.79. The van der Waals surface area contributed by atoms with Gasteiger partial charge in [-0.2, -0.15) is 7.82 Å². The molecule has 168 valence electrons. The van der Waals surface area contributed by atoms with Gasteiger partial charge in [-0.15, -0.1) is 0 Å². The third-order valence-electron chi connectivity index (χ3n) is 3.98. The molecule has 0 aliphatic heterocycles. The molecule has 0 heterocycles. The summed E-state index contributed by atoms with van der Waals surface area (Å²) < 4.78 is 8.55. The second kappa shape index (κ2) is 39.0. The molecule has 0 bridgehead atoms. The third-order valence-corrected chi connectivity index (χ3v) is 3.98. The van der Waals surface area contributed by atoms with Crippen molar-refractivity contribution < 1.29 is 40.1 Å². The van der Waals surface area contributed by atoms with Gasteiger partial charge in [0.15, 0.2) is 0 Å². The first-order valence-electron chi connectivity index (χ1n) is 9.70. The zero-order chi connectivity index (χ0) is 19.4. The van der Waals surface area contributed by atoms with Gasteiger partial charge in [0.1, 0.15) is 0 Å². The monoisotopic (exact) mass is 518 g/mol. The van der Waals surface area contributed by atoms with Gasteiger partial charge in [0.25, 0.3) is 0 Å². The first-order valence-corrected chi connectivity index (χ1v) is 11.2. The number of hydrogen-bond donors (Lipinski definition) is 0. The molecule has 0 aromatic rings. The molecule has 0 rings (SSSR count). The SMILES string of the molecule is CCCCCCCCCCCCCCCCCC(=O)[O-].O.O.O=P([O-])([O-])[O-].[Ca+2].[Ca+2].[Mg+2]. The topological polar surface area (TPSA) is 189 Å². The number of carboxylic acid groups (broad SMARTS) is 1. The zero-order valence-electron chi connectivity index (χ0n) is 18.8. The predicted molar refractivity (Wildman–Crippen MR) is 117 cm³/mol. The van der Waals surface area contributed by atoms with E-state index in [1.54, 1.807) is 0 Å². The van der Waals surface area contributed by atoms with Gasteiger partial charge in [-0.3, -0.25) is 0 Å². The molecule has 12 heteroatoms. The van der Waals surface area contributed by atoms with E-state index in [-0.39, 0.29) is 116 Å². The van der Waals surface area contributed by atoms with Gasteiger partial charge in [-0.1, -0.05) is 96.8 Å². The van der Waals surface area contributed by atoms with Gasteiger partial charge in [0, 0.05) is 5.97 Å². The Morgan fingerprint density at radius 1 is 0.633 bits per heavy atom. The second-order valence-electron chi connectivity index (χ2n) is 6.52. The normalized spacial score (nSPS) is 9.20. The summed E-state index contributed by atoms with van der Waals surface area (Å²) in [6.07, 6.45) is 19.9. The predicted octanol–water partition coefficient (Wildman–Crippen LogP) is -0.619. The molecule has 0 amide bonds. The van der Waals surface area contributed by atoms with E-state index in [4.69, 9.17) is 19.2 Å². The number of phosphoric acid groups is 1. The van der Waals surface area contributed by atoms with Crippen LogP contribution in [0.4, 0.5) is 0 Å². The van der Waals surface area contributed by atoms with Crippen molar-refractivity contribution in [3.05, 3.63) is 0 Å². The number of unbranched alkanes of at least 4 members (excludes halogenated alkanes) is 14. The van der Waals surface area contributed by atoms with E-state index in [9.17, 15) is 9.90 Å². The van der Waals surface area contributed by atoms with E-state index >= 15 is 0 Å². The van der Waals surface area contributed by atoms with E-state index < -0.39 is 13.8 Å². The van der Waals surface area contributed by atoms with Crippen molar-refractivity contribution in [1.82, 2.24) is 0 Å². The summed E-state index contributed by atoms with van der Waals surface area (Å²) in [5.74, 6) is -0.903. The van der Waals surface area contributed by atoms with Crippen molar-refractivity contribution in [2.75, 3.05) is 0 Å². The van der Waals surface area contributed by atoms with Crippen LogP contribution in [-0.2, 0) is 9.36 Å². The summed E-state index contributed by atoms with van der Waals surface area (Å²) in [5, 5.41) is 10.2. The summed E-state index contributed by atoms with van der Waals surface area (Å²) >= 11 is 0. The smallest absolute Gasteiger partial charge is 0.822 e. The molecule has 0 saturated carbocycles. The van der Waals surface area contributed by atoms with Crippen LogP contribution in [0.3, 0.4) is 0 Å². The fraction of sp³-hybridized carbons (Fsp3) is 0.944. The molecule has 0 unspecified atom stereocenters. The maximum atomic E-state index is 10.2. The van der Waals surface area contributed by atoms with E-state index in [0.717, 1.165) is 12.8 Å². The molecule has 0 aliphatic carbocycles. The van der Waals surface area contributed by atoms with Crippen molar-refractivity contribution in [3.8, 4) is 0 Å². The number of rotatable bonds is 16. The van der Waals surface area contributed by atoms with Crippen LogP contribution >= 0.6 is 7.82 Å². The molecule has 0 spiro atoms. The Kier molecular flexibility index (Phi) is 64.8. The van der Waals surface area contributed by atoms with Crippen LogP contribution in [0, 0.1) is 0 Å². The first kappa shape index (κ1) is 49.8. The number of carboxylic acids is 1. The van der Waals surface area contributed by atoms with Crippen LogP contribution in [0.1, 0.15) is 110 Å². The van der Waals surface area contributed by atoms with Gasteiger partial charge >= 0.3 is 98.5 Å². The van der Waals surface area contributed by atoms with E-state index in [2.05, 4.69) is 6.92 Å². The summed E-state index contributed by atoms with van der Waals surface area (Å²) in [7, 11) is -5.39. The molecule has 0 aliphatic rings. The standard InChI is InChI=1S/C18H36O2.2Ca.Mg.H3O4P.2H2O/c1-2-3-4-5-6-7-8-9-10-11-12-13-14-15-16-17-18(19)20;;;;1-5(2,3)4;;/h2-17H2,1H3,(H,19,20);;;;(H3,1,2,3,4);2*1H2/q;3*+2;;;/p-4. The van der Waals surface area contributed by atoms with Crippen molar-refractivity contribution in [3.63, 3.8) is 0 Å². The average molecular weight is 519 g/mol. The quantitative estimate of drug-likeness (QED) is 0.148. The molecule has 0 saturated heterocycles. The van der Waals surface area contributed by atoms with Crippen LogP contribution in [-0.4, -0.2) is 115 Å². The molecule has 0 atom stereocenters. The Morgan fingerprint density at radius 3 is 1.03 bits per heavy atom. The van der Waals surface area contributed by atoms with Crippen LogP contribution in [0.2, 0.25) is 0 Å². The van der Waals surface area contributed by atoms with Gasteiger partial charge < -0.3 is 40.1 Å². The third kappa shape index (κ3) is 69.8. The van der Waals surface area contributed by atoms with E-state index in [0.29, 0.717) is 0 Å². The maximum absolute atomic E-state index is 10.2. The fourth-order valence-electron chi connectivity index (χ4n) is 2.64. The molecule has 0 aromatic heterocycles. The molecular formula is C18H39Ca2MgO8P+2. The van der Waals surface area contributed by atoms with Crippen LogP contribution < -0.4 is 19.8 Å². The number of carbonyl (C=O) groups excluding carboxylic acids is 1. The average Bonchev–Trinajstić information content (AvgIpc) is 2.49. The minimum Gasteiger partial charge on any atom is -0.822 e. The largest absolute Gasteiger partial charge is 2.00 e. The fourth-order valence-corrected chi connectivity index (χ4v) is 2.64. The summed E-state index contributed by atoms with van der Waals surface area (Å²) in [5.41, 5.74) is 0. The summed E-state index contributed by atoms with van der Waals surface area (Å²) in [4.78, 5) is 35.9. The van der Waals surface area contributed by atoms with Crippen LogP contribution in [0.25, 0.3) is 0 Å². The van der Waals surface area contributed by atoms with Crippen molar-refractivity contribution in [2.24, 2.45) is 0 Å². The van der Waals surface area contributed by atoms with E-state index in [1.807, 2.05) is 0 Å². The molecule has 0 fully saturated rings. The number of carbonyl (C=O) groups is 1. The van der Waals surface area contributed by atoms with E-state index in [1.165, 1.54) is 83.5 Å². The summed E-state index contributed by atoms with van der Waals surface area (Å²) in [6, 6.07) is 0. The maximum Gasteiger partial charge on any atom is 2.00 e. The number of aliphatic carboxylic acids is 1. The Labute approximate surface area is 258 Å². The van der Waals surface area contributed by atoms with Crippen molar-refractivity contribution in [2.45, 2.75) is 110 Å². The van der Waals surface area contributed by atoms with Gasteiger partial charge in [0.05, 0.1) is 0 Å². The molecule has 0 aromatic carbocycles. The summed E-state index contributed by atoms with van der Waals surface area (Å²) in [6.45, 7) is 2.27. The zero-order valence-corrected chi connectivity index (χ0v) is 25.6. The van der Waals surface area contributed by atoms with Crippen LogP contribution in [0.5, 0.6) is 0 Å². The van der Waals surface area contributed by atoms with Gasteiger partial charge in [-0.25, -0.2) is 0 Å². The molecule has 8 nitrogen and oxygen atoms in total. The minimum atomic E-state index is -5.39. The minimum absolute atomic E-state index is 0. The number of hydrogen-bond acceptors (Lipinski definition) is 6. The van der Waals surface area contributed by atoms with Crippen LogP contribution in [0.15, 0.2) is 0 Å². The molecule has 0 radical (unpaired) electrons. The first-order chi connectivity index (χ1) is 11.8. The Bertz CT molecular complexity index is 342. The molecule has 30 heavy (non-hydrogen) atoms. The molecule has 4 N–H and O–H groups in total. The Morgan fingerprint density at radius 2 is 0.833 bits per heavy atom. The molecular weight excluding hydrogens is 480 g/mol. The Balaban J connectivity index is -0.0000000948. The second-order valence-corrected chi connectivity index (χ2v) is 7.41. The van der Waals surface area contributed by atoms with Crippen molar-refractivity contribution in [1.29, 1.82) is 0 Å². The van der Waals surface area contributed by atoms with Gasteiger partial charge in [-0.05, 0) is 12.8 Å². The van der Waals surface area contributed by atoms with Crippen molar-refractivity contribution >= 4 is 112 Å². The van der Waals surface area contributed by atoms with Gasteiger partial charge in [0.2, 0.25) is 0 Å².